The number of hydrogen-bond donors (Lipinski definition) is 0. The number of hydrogen-bond acceptors (Lipinski definition) is 6. The largest absolute Gasteiger partial charge is 0.497 e. The third-order valence-electron chi connectivity index (χ3n) is 4.21. The van der Waals surface area contributed by atoms with Gasteiger partial charge < -0.3 is 19.3 Å². The zero-order chi connectivity index (χ0) is 18.0. The molecule has 0 aliphatic carbocycles. The van der Waals surface area contributed by atoms with Crippen molar-refractivity contribution in [3.05, 3.63) is 36.4 Å². The molecule has 3 rings (SSSR count). The van der Waals surface area contributed by atoms with Crippen LogP contribution in [0.5, 0.6) is 11.5 Å². The van der Waals surface area contributed by atoms with Crippen LogP contribution >= 0.6 is 0 Å². The number of likely N-dealkylation sites (N-methyl/N-ethyl adjacent to an activating group) is 1. The number of nitrogens with zero attached hydrogens (tertiary/aromatic N) is 4. The third kappa shape index (κ3) is 3.33. The van der Waals surface area contributed by atoms with Gasteiger partial charge in [0.2, 0.25) is 11.9 Å². The van der Waals surface area contributed by atoms with Gasteiger partial charge in [-0.1, -0.05) is 0 Å². The van der Waals surface area contributed by atoms with E-state index < -0.39 is 11.9 Å². The Bertz CT molecular complexity index is 747. The average molecular weight is 346 g/mol. The fourth-order valence-corrected chi connectivity index (χ4v) is 2.86. The molecule has 1 fully saturated rings. The number of halogens is 1. The minimum absolute atomic E-state index is 0.0780. The average Bonchev–Trinajstić information content (AvgIpc) is 3.02. The fraction of sp³-hybridized carbons (Fsp3) is 0.353. The molecule has 0 unspecified atom stereocenters. The predicted molar refractivity (Wildman–Crippen MR) is 90.7 cm³/mol. The highest BCUT2D eigenvalue weighted by atomic mass is 19.1. The van der Waals surface area contributed by atoms with E-state index in [1.807, 2.05) is 0 Å². The molecule has 25 heavy (non-hydrogen) atoms. The first-order valence-corrected chi connectivity index (χ1v) is 7.78. The van der Waals surface area contributed by atoms with Crippen LogP contribution in [0.4, 0.5) is 16.0 Å². The second kappa shape index (κ2) is 6.92. The van der Waals surface area contributed by atoms with Crippen molar-refractivity contribution in [1.29, 1.82) is 0 Å². The van der Waals surface area contributed by atoms with Crippen molar-refractivity contribution < 1.29 is 18.7 Å². The van der Waals surface area contributed by atoms with E-state index in [0.717, 1.165) is 12.4 Å². The second-order valence-corrected chi connectivity index (χ2v) is 5.68. The van der Waals surface area contributed by atoms with E-state index >= 15 is 0 Å². The molecule has 1 atom stereocenters. The van der Waals surface area contributed by atoms with Crippen molar-refractivity contribution in [2.45, 2.75) is 12.5 Å². The number of rotatable bonds is 5. The molecule has 1 aromatic heterocycles. The number of aromatic nitrogens is 2. The van der Waals surface area contributed by atoms with Gasteiger partial charge in [0.1, 0.15) is 17.5 Å². The van der Waals surface area contributed by atoms with Crippen molar-refractivity contribution in [3.63, 3.8) is 0 Å². The summed E-state index contributed by atoms with van der Waals surface area (Å²) in [5.74, 6) is 0.942. The van der Waals surface area contributed by atoms with Gasteiger partial charge in [-0.2, -0.15) is 0 Å². The molecule has 0 saturated carbocycles. The number of carbonyl (C=O) groups excluding carboxylic acids is 1. The normalized spacial score (nSPS) is 16.9. The van der Waals surface area contributed by atoms with Crippen LogP contribution in [0.15, 0.2) is 30.6 Å². The minimum Gasteiger partial charge on any atom is -0.497 e. The molecule has 7 nitrogen and oxygen atoms in total. The molecule has 0 radical (unpaired) electrons. The molecule has 2 aromatic rings. The molecule has 1 aromatic carbocycles. The van der Waals surface area contributed by atoms with Crippen molar-refractivity contribution in [2.24, 2.45) is 0 Å². The van der Waals surface area contributed by atoms with E-state index in [1.165, 1.54) is 0 Å². The zero-order valence-corrected chi connectivity index (χ0v) is 14.3. The Kier molecular flexibility index (Phi) is 4.69. The summed E-state index contributed by atoms with van der Waals surface area (Å²) in [5.41, 5.74) is 0.706. The molecule has 1 aliphatic rings. The summed E-state index contributed by atoms with van der Waals surface area (Å²) in [4.78, 5) is 24.1. The maximum absolute atomic E-state index is 13.0. The van der Waals surface area contributed by atoms with Gasteiger partial charge in [-0.3, -0.25) is 4.79 Å². The van der Waals surface area contributed by atoms with E-state index in [2.05, 4.69) is 9.97 Å². The molecule has 0 bridgehead atoms. The first-order chi connectivity index (χ1) is 12.0. The van der Waals surface area contributed by atoms with Crippen LogP contribution in [0.25, 0.3) is 0 Å². The molecule has 132 valence electrons. The van der Waals surface area contributed by atoms with Crippen LogP contribution in [0.2, 0.25) is 0 Å². The smallest absolute Gasteiger partial charge is 0.249 e. The number of methoxy groups -OCH3 is 2. The maximum Gasteiger partial charge on any atom is 0.249 e. The van der Waals surface area contributed by atoms with Gasteiger partial charge in [0, 0.05) is 31.8 Å². The first-order valence-electron chi connectivity index (χ1n) is 7.78. The first kappa shape index (κ1) is 16.9. The lowest BCUT2D eigenvalue weighted by Gasteiger charge is -2.24. The lowest BCUT2D eigenvalue weighted by atomic mass is 10.2. The highest BCUT2D eigenvalue weighted by Crippen LogP contribution is 2.32. The molecule has 1 amide bonds. The summed E-state index contributed by atoms with van der Waals surface area (Å²) < 4.78 is 23.5. The highest BCUT2D eigenvalue weighted by Gasteiger charge is 2.36. The molecular formula is C17H19FN4O3. The Hall–Kier alpha value is -2.90. The van der Waals surface area contributed by atoms with Gasteiger partial charge in [-0.15, -0.1) is 0 Å². The number of anilines is 2. The van der Waals surface area contributed by atoms with Crippen LogP contribution in [-0.2, 0) is 4.79 Å². The highest BCUT2D eigenvalue weighted by molar-refractivity contribution is 6.01. The second-order valence-electron chi connectivity index (χ2n) is 5.68. The Morgan fingerprint density at radius 2 is 1.76 bits per heavy atom. The number of carbonyl (C=O) groups is 1. The summed E-state index contributed by atoms with van der Waals surface area (Å²) in [7, 11) is 4.85. The van der Waals surface area contributed by atoms with Gasteiger partial charge >= 0.3 is 0 Å². The van der Waals surface area contributed by atoms with E-state index in [0.29, 0.717) is 36.1 Å². The van der Waals surface area contributed by atoms with Gasteiger partial charge in [0.15, 0.2) is 5.82 Å². The fourth-order valence-electron chi connectivity index (χ4n) is 2.86. The number of ether oxygens (including phenoxy) is 2. The van der Waals surface area contributed by atoms with Crippen LogP contribution < -0.4 is 19.3 Å². The van der Waals surface area contributed by atoms with Crippen molar-refractivity contribution in [1.82, 2.24) is 9.97 Å². The zero-order valence-electron chi connectivity index (χ0n) is 14.3. The van der Waals surface area contributed by atoms with Gasteiger partial charge in [-0.05, 0) is 6.42 Å². The molecule has 0 spiro atoms. The van der Waals surface area contributed by atoms with E-state index in [1.54, 1.807) is 49.3 Å². The van der Waals surface area contributed by atoms with Gasteiger partial charge in [-0.25, -0.2) is 14.4 Å². The van der Waals surface area contributed by atoms with Crippen molar-refractivity contribution in [3.8, 4) is 11.5 Å². The molecule has 1 aliphatic heterocycles. The summed E-state index contributed by atoms with van der Waals surface area (Å²) in [5, 5.41) is 0. The van der Waals surface area contributed by atoms with Crippen LogP contribution in [-0.4, -0.2) is 49.7 Å². The lowest BCUT2D eigenvalue weighted by molar-refractivity contribution is -0.118. The van der Waals surface area contributed by atoms with E-state index in [-0.39, 0.29) is 5.91 Å². The lowest BCUT2D eigenvalue weighted by Crippen LogP contribution is -2.40. The van der Waals surface area contributed by atoms with Crippen molar-refractivity contribution in [2.75, 3.05) is 37.6 Å². The Morgan fingerprint density at radius 1 is 1.16 bits per heavy atom. The SMILES string of the molecule is COc1cc(OC)cc(N2CC[C@H](N(C)c3ncc(F)cn3)C2=O)c1. The quantitative estimate of drug-likeness (QED) is 0.823. The Balaban J connectivity index is 1.83. The summed E-state index contributed by atoms with van der Waals surface area (Å²) in [6.07, 6.45) is 2.78. The maximum atomic E-state index is 13.0. The summed E-state index contributed by atoms with van der Waals surface area (Å²) in [6.45, 7) is 0.547. The molecule has 1 saturated heterocycles. The summed E-state index contributed by atoms with van der Waals surface area (Å²) >= 11 is 0. The Morgan fingerprint density at radius 3 is 2.32 bits per heavy atom. The molecule has 8 heteroatoms. The van der Waals surface area contributed by atoms with E-state index in [9.17, 15) is 9.18 Å². The number of benzene rings is 1. The van der Waals surface area contributed by atoms with E-state index in [4.69, 9.17) is 9.47 Å². The van der Waals surface area contributed by atoms with Gasteiger partial charge in [0.05, 0.1) is 32.3 Å². The molecular weight excluding hydrogens is 327 g/mol. The van der Waals surface area contributed by atoms with Crippen molar-refractivity contribution >= 4 is 17.5 Å². The molecule has 2 heterocycles. The van der Waals surface area contributed by atoms with Crippen LogP contribution in [0, 0.1) is 5.82 Å². The van der Waals surface area contributed by atoms with Gasteiger partial charge in [0.25, 0.3) is 0 Å². The summed E-state index contributed by atoms with van der Waals surface area (Å²) in [6, 6.07) is 4.91. The standard InChI is InChI=1S/C17H19FN4O3/c1-21(17-19-9-11(18)10-20-17)15-4-5-22(16(15)23)12-6-13(24-2)8-14(7-12)25-3/h6-10,15H,4-5H2,1-3H3/t15-/m0/s1. The number of amides is 1. The predicted octanol–water partition coefficient (Wildman–Crippen LogP) is 1.87. The topological polar surface area (TPSA) is 67.8 Å². The van der Waals surface area contributed by atoms with Crippen LogP contribution in [0.3, 0.4) is 0 Å². The molecule has 0 N–H and O–H groups in total. The third-order valence-corrected chi connectivity index (χ3v) is 4.21. The van der Waals surface area contributed by atoms with Crippen LogP contribution in [0.1, 0.15) is 6.42 Å². The minimum atomic E-state index is -0.514. The monoisotopic (exact) mass is 346 g/mol. The Labute approximate surface area is 145 Å².